The molecule has 106 valence electrons. The van der Waals surface area contributed by atoms with Gasteiger partial charge in [0, 0.05) is 38.8 Å². The van der Waals surface area contributed by atoms with E-state index in [0.29, 0.717) is 6.10 Å². The maximum absolute atomic E-state index is 5.65. The standard InChI is InChI=1S/C14H22N2O2S/c1-17-9-7-15-10-12-4-2-6-16-14(12)19-11-13-5-3-8-18-13/h2,4,6,13,15H,3,5,7-11H2,1H3. The molecule has 2 heterocycles. The van der Waals surface area contributed by atoms with Crippen molar-refractivity contribution in [1.82, 2.24) is 10.3 Å². The van der Waals surface area contributed by atoms with E-state index < -0.39 is 0 Å². The van der Waals surface area contributed by atoms with Crippen LogP contribution in [-0.4, -0.2) is 43.7 Å². The quantitative estimate of drug-likeness (QED) is 0.584. The molecule has 0 radical (unpaired) electrons. The Morgan fingerprint density at radius 2 is 2.53 bits per heavy atom. The summed E-state index contributed by atoms with van der Waals surface area (Å²) < 4.78 is 10.7. The zero-order valence-corrected chi connectivity index (χ0v) is 12.2. The predicted octanol–water partition coefficient (Wildman–Crippen LogP) is 2.09. The summed E-state index contributed by atoms with van der Waals surface area (Å²) in [5.41, 5.74) is 1.25. The molecule has 1 fully saturated rings. The van der Waals surface area contributed by atoms with E-state index in [0.717, 1.165) is 37.1 Å². The lowest BCUT2D eigenvalue weighted by molar-refractivity contribution is 0.129. The van der Waals surface area contributed by atoms with E-state index in [2.05, 4.69) is 16.4 Å². The number of ether oxygens (including phenoxy) is 2. The number of methoxy groups -OCH3 is 1. The van der Waals surface area contributed by atoms with Gasteiger partial charge in [-0.1, -0.05) is 6.07 Å². The molecular weight excluding hydrogens is 260 g/mol. The minimum Gasteiger partial charge on any atom is -0.383 e. The van der Waals surface area contributed by atoms with Gasteiger partial charge in [-0.25, -0.2) is 4.98 Å². The third-order valence-corrected chi connectivity index (χ3v) is 4.26. The van der Waals surface area contributed by atoms with Crippen LogP contribution in [0.5, 0.6) is 0 Å². The number of aromatic nitrogens is 1. The van der Waals surface area contributed by atoms with Gasteiger partial charge in [0.25, 0.3) is 0 Å². The molecule has 4 nitrogen and oxygen atoms in total. The highest BCUT2D eigenvalue weighted by Crippen LogP contribution is 2.24. The highest BCUT2D eigenvalue weighted by molar-refractivity contribution is 7.99. The number of rotatable bonds is 8. The molecule has 1 N–H and O–H groups in total. The fraction of sp³-hybridized carbons (Fsp3) is 0.643. The van der Waals surface area contributed by atoms with Crippen molar-refractivity contribution >= 4 is 11.8 Å². The summed E-state index contributed by atoms with van der Waals surface area (Å²) in [6, 6.07) is 4.12. The first kappa shape index (κ1) is 14.8. The van der Waals surface area contributed by atoms with Gasteiger partial charge in [0.05, 0.1) is 12.7 Å². The minimum atomic E-state index is 0.404. The molecule has 0 aromatic carbocycles. The first-order chi connectivity index (χ1) is 9.40. The molecule has 0 saturated carbocycles. The molecule has 1 aromatic rings. The Hall–Kier alpha value is -0.620. The highest BCUT2D eigenvalue weighted by Gasteiger charge is 2.16. The van der Waals surface area contributed by atoms with Crippen LogP contribution in [0.2, 0.25) is 0 Å². The number of pyridine rings is 1. The molecule has 19 heavy (non-hydrogen) atoms. The monoisotopic (exact) mass is 282 g/mol. The van der Waals surface area contributed by atoms with Crippen LogP contribution in [0.3, 0.4) is 0 Å². The van der Waals surface area contributed by atoms with E-state index in [1.54, 1.807) is 18.9 Å². The molecule has 1 saturated heterocycles. The molecule has 5 heteroatoms. The van der Waals surface area contributed by atoms with Crippen LogP contribution in [-0.2, 0) is 16.0 Å². The summed E-state index contributed by atoms with van der Waals surface area (Å²) in [6.45, 7) is 3.35. The third-order valence-electron chi connectivity index (χ3n) is 3.08. The van der Waals surface area contributed by atoms with Gasteiger partial charge >= 0.3 is 0 Å². The predicted molar refractivity (Wildman–Crippen MR) is 77.5 cm³/mol. The molecule has 0 amide bonds. The fourth-order valence-electron chi connectivity index (χ4n) is 2.03. The molecular formula is C14H22N2O2S. The summed E-state index contributed by atoms with van der Waals surface area (Å²) in [7, 11) is 1.72. The number of thioether (sulfide) groups is 1. The summed E-state index contributed by atoms with van der Waals surface area (Å²) >= 11 is 1.80. The first-order valence-electron chi connectivity index (χ1n) is 6.78. The Morgan fingerprint density at radius 3 is 3.32 bits per heavy atom. The van der Waals surface area contributed by atoms with Crippen LogP contribution in [0.15, 0.2) is 23.4 Å². The molecule has 2 rings (SSSR count). The third kappa shape index (κ3) is 5.10. The summed E-state index contributed by atoms with van der Waals surface area (Å²) in [6.07, 6.45) is 4.64. The lowest BCUT2D eigenvalue weighted by atomic mass is 10.3. The Labute approximate surface area is 119 Å². The SMILES string of the molecule is COCCNCc1cccnc1SCC1CCCO1. The average molecular weight is 282 g/mol. The lowest BCUT2D eigenvalue weighted by Crippen LogP contribution is -2.19. The van der Waals surface area contributed by atoms with Crippen molar-refractivity contribution in [2.45, 2.75) is 30.5 Å². The average Bonchev–Trinajstić information content (AvgIpc) is 2.96. The number of hydrogen-bond acceptors (Lipinski definition) is 5. The number of hydrogen-bond donors (Lipinski definition) is 1. The van der Waals surface area contributed by atoms with Crippen molar-refractivity contribution < 1.29 is 9.47 Å². The summed E-state index contributed by atoms with van der Waals surface area (Å²) in [5, 5.41) is 4.48. The van der Waals surface area contributed by atoms with Gasteiger partial charge in [0.2, 0.25) is 0 Å². The lowest BCUT2D eigenvalue weighted by Gasteiger charge is -2.11. The van der Waals surface area contributed by atoms with E-state index in [1.807, 2.05) is 12.3 Å². The Bertz CT molecular complexity index is 370. The van der Waals surface area contributed by atoms with E-state index in [-0.39, 0.29) is 0 Å². The molecule has 1 atom stereocenters. The molecule has 1 aromatic heterocycles. The fourth-order valence-corrected chi connectivity index (χ4v) is 3.10. The van der Waals surface area contributed by atoms with Gasteiger partial charge in [-0.2, -0.15) is 0 Å². The summed E-state index contributed by atoms with van der Waals surface area (Å²) in [5.74, 6) is 1.00. The zero-order valence-electron chi connectivity index (χ0n) is 11.4. The van der Waals surface area contributed by atoms with E-state index in [4.69, 9.17) is 9.47 Å². The molecule has 1 aliphatic heterocycles. The van der Waals surface area contributed by atoms with Crippen LogP contribution in [0.1, 0.15) is 18.4 Å². The second kappa shape index (κ2) is 8.53. The highest BCUT2D eigenvalue weighted by atomic mass is 32.2. The normalized spacial score (nSPS) is 18.9. The number of nitrogens with one attached hydrogen (secondary N) is 1. The smallest absolute Gasteiger partial charge is 0.101 e. The van der Waals surface area contributed by atoms with Crippen LogP contribution in [0.25, 0.3) is 0 Å². The van der Waals surface area contributed by atoms with Crippen LogP contribution in [0, 0.1) is 0 Å². The zero-order chi connectivity index (χ0) is 13.3. The van der Waals surface area contributed by atoms with Gasteiger partial charge in [0.15, 0.2) is 0 Å². The van der Waals surface area contributed by atoms with Crippen molar-refractivity contribution in [3.8, 4) is 0 Å². The van der Waals surface area contributed by atoms with Gasteiger partial charge in [-0.15, -0.1) is 11.8 Å². The minimum absolute atomic E-state index is 0.404. The topological polar surface area (TPSA) is 43.4 Å². The molecule has 1 unspecified atom stereocenters. The van der Waals surface area contributed by atoms with Crippen LogP contribution < -0.4 is 5.32 Å². The Balaban J connectivity index is 1.80. The maximum Gasteiger partial charge on any atom is 0.101 e. The second-order valence-corrected chi connectivity index (χ2v) is 5.59. The van der Waals surface area contributed by atoms with Crippen LogP contribution in [0.4, 0.5) is 0 Å². The van der Waals surface area contributed by atoms with Crippen molar-refractivity contribution in [2.24, 2.45) is 0 Å². The van der Waals surface area contributed by atoms with Gasteiger partial charge < -0.3 is 14.8 Å². The van der Waals surface area contributed by atoms with Gasteiger partial charge in [-0.3, -0.25) is 0 Å². The van der Waals surface area contributed by atoms with E-state index in [1.165, 1.54) is 18.4 Å². The maximum atomic E-state index is 5.65. The Morgan fingerprint density at radius 1 is 1.58 bits per heavy atom. The summed E-state index contributed by atoms with van der Waals surface area (Å²) in [4.78, 5) is 4.47. The van der Waals surface area contributed by atoms with Crippen LogP contribution >= 0.6 is 11.8 Å². The van der Waals surface area contributed by atoms with Crippen molar-refractivity contribution in [1.29, 1.82) is 0 Å². The van der Waals surface area contributed by atoms with Crippen molar-refractivity contribution in [3.63, 3.8) is 0 Å². The largest absolute Gasteiger partial charge is 0.383 e. The second-order valence-electron chi connectivity index (χ2n) is 4.58. The van der Waals surface area contributed by atoms with Gasteiger partial charge in [0.1, 0.15) is 5.03 Å². The van der Waals surface area contributed by atoms with E-state index >= 15 is 0 Å². The molecule has 0 aliphatic carbocycles. The van der Waals surface area contributed by atoms with Crippen molar-refractivity contribution in [3.05, 3.63) is 23.9 Å². The molecule has 0 bridgehead atoms. The first-order valence-corrected chi connectivity index (χ1v) is 7.76. The van der Waals surface area contributed by atoms with Crippen molar-refractivity contribution in [2.75, 3.05) is 32.6 Å². The molecule has 0 spiro atoms. The van der Waals surface area contributed by atoms with E-state index in [9.17, 15) is 0 Å². The number of nitrogens with zero attached hydrogens (tertiary/aromatic N) is 1. The molecule has 1 aliphatic rings. The van der Waals surface area contributed by atoms with Gasteiger partial charge in [-0.05, 0) is 24.5 Å². The Kier molecular flexibility index (Phi) is 6.64.